The molecule has 106 valence electrons. The normalized spacial score (nSPS) is 11.0. The predicted molar refractivity (Wildman–Crippen MR) is 90.8 cm³/mol. The third kappa shape index (κ3) is 2.27. The van der Waals surface area contributed by atoms with Gasteiger partial charge in [-0.15, -0.1) is 11.3 Å². The molecule has 4 heteroatoms. The Morgan fingerprint density at radius 1 is 0.955 bits per heavy atom. The van der Waals surface area contributed by atoms with E-state index < -0.39 is 0 Å². The molecule has 22 heavy (non-hydrogen) atoms. The second-order valence-corrected chi connectivity index (χ2v) is 6.15. The Kier molecular flexibility index (Phi) is 3.16. The molecule has 0 saturated carbocycles. The SMILES string of the molecule is Cc1ccccc1-c1cnc2nc(-c3cccnc3)sc2c1. The zero-order valence-corrected chi connectivity index (χ0v) is 12.8. The van der Waals surface area contributed by atoms with Crippen LogP contribution in [0.5, 0.6) is 0 Å². The molecule has 3 nitrogen and oxygen atoms in total. The molecule has 3 aromatic heterocycles. The molecular formula is C18H13N3S. The Labute approximate surface area is 132 Å². The van der Waals surface area contributed by atoms with Crippen molar-refractivity contribution in [3.63, 3.8) is 0 Å². The summed E-state index contributed by atoms with van der Waals surface area (Å²) in [6.45, 7) is 2.12. The largest absolute Gasteiger partial charge is 0.264 e. The minimum atomic E-state index is 0.793. The molecule has 0 N–H and O–H groups in total. The quantitative estimate of drug-likeness (QED) is 0.537. The lowest BCUT2D eigenvalue weighted by molar-refractivity contribution is 1.30. The fraction of sp³-hybridized carbons (Fsp3) is 0.0556. The molecule has 0 aliphatic rings. The number of pyridine rings is 2. The van der Waals surface area contributed by atoms with Gasteiger partial charge in [-0.1, -0.05) is 24.3 Å². The highest BCUT2D eigenvalue weighted by molar-refractivity contribution is 7.21. The molecule has 0 aliphatic heterocycles. The Morgan fingerprint density at radius 2 is 1.86 bits per heavy atom. The van der Waals surface area contributed by atoms with E-state index >= 15 is 0 Å². The van der Waals surface area contributed by atoms with Gasteiger partial charge >= 0.3 is 0 Å². The third-order valence-corrected chi connectivity index (χ3v) is 4.65. The molecule has 0 fully saturated rings. The van der Waals surface area contributed by atoms with Crippen LogP contribution in [0.4, 0.5) is 0 Å². The number of nitrogens with zero attached hydrogens (tertiary/aromatic N) is 3. The number of aryl methyl sites for hydroxylation is 1. The van der Waals surface area contributed by atoms with Crippen molar-refractivity contribution in [2.75, 3.05) is 0 Å². The van der Waals surface area contributed by atoms with Gasteiger partial charge in [0.25, 0.3) is 0 Å². The highest BCUT2D eigenvalue weighted by Crippen LogP contribution is 2.32. The maximum absolute atomic E-state index is 4.61. The Morgan fingerprint density at radius 3 is 2.68 bits per heavy atom. The summed E-state index contributed by atoms with van der Waals surface area (Å²) in [7, 11) is 0. The third-order valence-electron chi connectivity index (χ3n) is 3.61. The molecular weight excluding hydrogens is 290 g/mol. The van der Waals surface area contributed by atoms with Gasteiger partial charge in [0.1, 0.15) is 5.01 Å². The fourth-order valence-electron chi connectivity index (χ4n) is 2.48. The van der Waals surface area contributed by atoms with Crippen LogP contribution in [0.1, 0.15) is 5.56 Å². The molecule has 3 heterocycles. The van der Waals surface area contributed by atoms with Crippen LogP contribution in [-0.2, 0) is 0 Å². The van der Waals surface area contributed by atoms with E-state index in [9.17, 15) is 0 Å². The van der Waals surface area contributed by atoms with Crippen molar-refractivity contribution in [2.24, 2.45) is 0 Å². The monoisotopic (exact) mass is 303 g/mol. The van der Waals surface area contributed by atoms with Gasteiger partial charge in [0.15, 0.2) is 5.65 Å². The van der Waals surface area contributed by atoms with Crippen molar-refractivity contribution in [1.82, 2.24) is 15.0 Å². The number of hydrogen-bond acceptors (Lipinski definition) is 4. The average Bonchev–Trinajstić information content (AvgIpc) is 2.99. The molecule has 0 unspecified atom stereocenters. The van der Waals surface area contributed by atoms with Crippen LogP contribution in [0.3, 0.4) is 0 Å². The first-order valence-electron chi connectivity index (χ1n) is 7.04. The minimum Gasteiger partial charge on any atom is -0.264 e. The number of hydrogen-bond donors (Lipinski definition) is 0. The van der Waals surface area contributed by atoms with Crippen LogP contribution in [0.2, 0.25) is 0 Å². The van der Waals surface area contributed by atoms with E-state index in [4.69, 9.17) is 0 Å². The molecule has 4 aromatic rings. The zero-order valence-electron chi connectivity index (χ0n) is 12.0. The molecule has 0 amide bonds. The first-order chi connectivity index (χ1) is 10.8. The van der Waals surface area contributed by atoms with Crippen molar-refractivity contribution in [3.8, 4) is 21.7 Å². The number of thiazole rings is 1. The van der Waals surface area contributed by atoms with E-state index in [0.717, 1.165) is 26.5 Å². The molecule has 1 aromatic carbocycles. The van der Waals surface area contributed by atoms with Crippen molar-refractivity contribution in [2.45, 2.75) is 6.92 Å². The van der Waals surface area contributed by atoms with Crippen LogP contribution < -0.4 is 0 Å². The number of benzene rings is 1. The summed E-state index contributed by atoms with van der Waals surface area (Å²) < 4.78 is 1.10. The lowest BCUT2D eigenvalue weighted by atomic mass is 10.0. The zero-order chi connectivity index (χ0) is 14.9. The first kappa shape index (κ1) is 13.1. The van der Waals surface area contributed by atoms with E-state index in [0.29, 0.717) is 0 Å². The summed E-state index contributed by atoms with van der Waals surface area (Å²) in [5, 5.41) is 0.956. The highest BCUT2D eigenvalue weighted by Gasteiger charge is 2.09. The van der Waals surface area contributed by atoms with Gasteiger partial charge in [0.05, 0.1) is 4.70 Å². The van der Waals surface area contributed by atoms with Gasteiger partial charge in [-0.3, -0.25) is 4.98 Å². The molecule has 4 rings (SSSR count). The minimum absolute atomic E-state index is 0.793. The van der Waals surface area contributed by atoms with Crippen LogP contribution in [-0.4, -0.2) is 15.0 Å². The maximum Gasteiger partial charge on any atom is 0.170 e. The molecule has 0 bridgehead atoms. The molecule has 0 spiro atoms. The summed E-state index contributed by atoms with van der Waals surface area (Å²) in [5.41, 5.74) is 5.42. The molecule has 0 aliphatic carbocycles. The standard InChI is InChI=1S/C18H13N3S/c1-12-5-2-3-7-15(12)14-9-16-17(20-11-14)21-18(22-16)13-6-4-8-19-10-13/h2-11H,1H3. The molecule has 0 atom stereocenters. The first-order valence-corrected chi connectivity index (χ1v) is 7.86. The molecule has 0 radical (unpaired) electrons. The molecule has 0 saturated heterocycles. The van der Waals surface area contributed by atoms with Crippen molar-refractivity contribution >= 4 is 21.7 Å². The summed E-state index contributed by atoms with van der Waals surface area (Å²) >= 11 is 1.65. The summed E-state index contributed by atoms with van der Waals surface area (Å²) in [4.78, 5) is 13.3. The van der Waals surface area contributed by atoms with Gasteiger partial charge in [-0.2, -0.15) is 0 Å². The summed E-state index contributed by atoms with van der Waals surface area (Å²) in [5.74, 6) is 0. The van der Waals surface area contributed by atoms with E-state index in [1.807, 2.05) is 24.5 Å². The van der Waals surface area contributed by atoms with Crippen LogP contribution in [0.25, 0.3) is 32.0 Å². The van der Waals surface area contributed by atoms with Gasteiger partial charge in [-0.25, -0.2) is 9.97 Å². The second kappa shape index (κ2) is 5.31. The average molecular weight is 303 g/mol. The van der Waals surface area contributed by atoms with Gasteiger partial charge in [0, 0.05) is 29.7 Å². The van der Waals surface area contributed by atoms with Gasteiger partial charge in [0.2, 0.25) is 0 Å². The second-order valence-electron chi connectivity index (χ2n) is 5.12. The van der Waals surface area contributed by atoms with Crippen molar-refractivity contribution in [1.29, 1.82) is 0 Å². The topological polar surface area (TPSA) is 38.7 Å². The highest BCUT2D eigenvalue weighted by atomic mass is 32.1. The maximum atomic E-state index is 4.61. The smallest absolute Gasteiger partial charge is 0.170 e. The van der Waals surface area contributed by atoms with Crippen molar-refractivity contribution in [3.05, 3.63) is 66.6 Å². The van der Waals surface area contributed by atoms with Crippen LogP contribution in [0, 0.1) is 6.92 Å². The van der Waals surface area contributed by atoms with E-state index in [1.54, 1.807) is 17.5 Å². The fourth-order valence-corrected chi connectivity index (χ4v) is 3.43. The van der Waals surface area contributed by atoms with E-state index in [1.165, 1.54) is 11.1 Å². The van der Waals surface area contributed by atoms with Crippen molar-refractivity contribution < 1.29 is 0 Å². The van der Waals surface area contributed by atoms with Crippen LogP contribution in [0.15, 0.2) is 61.1 Å². The summed E-state index contributed by atoms with van der Waals surface area (Å²) in [6, 6.07) is 14.5. The van der Waals surface area contributed by atoms with Gasteiger partial charge < -0.3 is 0 Å². The number of aromatic nitrogens is 3. The lowest BCUT2D eigenvalue weighted by Crippen LogP contribution is -1.84. The number of fused-ring (bicyclic) bond motifs is 1. The Balaban J connectivity index is 1.84. The predicted octanol–water partition coefficient (Wildman–Crippen LogP) is 4.73. The van der Waals surface area contributed by atoms with Crippen LogP contribution >= 0.6 is 11.3 Å². The summed E-state index contributed by atoms with van der Waals surface area (Å²) in [6.07, 6.45) is 5.50. The lowest BCUT2D eigenvalue weighted by Gasteiger charge is -2.04. The van der Waals surface area contributed by atoms with Gasteiger partial charge in [-0.05, 0) is 36.2 Å². The van der Waals surface area contributed by atoms with E-state index in [2.05, 4.69) is 52.2 Å². The van der Waals surface area contributed by atoms with E-state index in [-0.39, 0.29) is 0 Å². The Bertz CT molecular complexity index is 945. The Hall–Kier alpha value is -2.59. The number of rotatable bonds is 2.